The number of aromatic nitrogens is 2. The molecule has 0 bridgehead atoms. The van der Waals surface area contributed by atoms with E-state index in [4.69, 9.17) is 32.9 Å². The molecule has 1 aromatic carbocycles. The maximum atomic E-state index is 12.6. The second-order valence-corrected chi connectivity index (χ2v) is 10.0. The predicted molar refractivity (Wildman–Crippen MR) is 140 cm³/mol. The van der Waals surface area contributed by atoms with Gasteiger partial charge in [-0.05, 0) is 42.6 Å². The van der Waals surface area contributed by atoms with E-state index >= 15 is 0 Å². The van der Waals surface area contributed by atoms with Gasteiger partial charge in [-0.2, -0.15) is 0 Å². The van der Waals surface area contributed by atoms with E-state index < -0.39 is 0 Å². The van der Waals surface area contributed by atoms with E-state index in [1.54, 1.807) is 0 Å². The van der Waals surface area contributed by atoms with Gasteiger partial charge in [0, 0.05) is 50.7 Å². The molecule has 188 valence electrons. The predicted octanol–water partition coefficient (Wildman–Crippen LogP) is 4.79. The Hall–Kier alpha value is -2.71. The van der Waals surface area contributed by atoms with Gasteiger partial charge in [0.05, 0.1) is 34.0 Å². The van der Waals surface area contributed by atoms with Crippen LogP contribution in [0.25, 0.3) is 0 Å². The van der Waals surface area contributed by atoms with Crippen LogP contribution in [0, 0.1) is 0 Å². The van der Waals surface area contributed by atoms with Crippen molar-refractivity contribution < 1.29 is 9.53 Å². The highest BCUT2D eigenvalue weighted by Crippen LogP contribution is 2.37. The molecular weight excluding hydrogens is 497 g/mol. The van der Waals surface area contributed by atoms with Crippen LogP contribution < -0.4 is 15.4 Å². The molecule has 9 heteroatoms. The van der Waals surface area contributed by atoms with Gasteiger partial charge in [0.1, 0.15) is 5.75 Å². The average molecular weight is 526 g/mol. The number of carbonyl (C=O) groups is 1. The van der Waals surface area contributed by atoms with E-state index in [0.29, 0.717) is 19.2 Å². The van der Waals surface area contributed by atoms with Crippen molar-refractivity contribution in [2.75, 3.05) is 19.7 Å². The summed E-state index contributed by atoms with van der Waals surface area (Å²) in [7, 11) is 0. The van der Waals surface area contributed by atoms with Crippen molar-refractivity contribution in [2.45, 2.75) is 44.4 Å². The standard InChI is InChI=1S/C27H29Cl2N5O2/c28-21-15-31-16-22(29)25(21)27(35)33-13-18-5-7-19(8-6-18)17-34(20-3-1-10-30-14-20)23-9-12-36-24-4-2-11-32-26(23)24/h2,4-8,11,15-16,20,23,30H,1,3,9-10,12-14,17H2,(H,33,35). The number of benzene rings is 1. The molecule has 0 aliphatic carbocycles. The maximum Gasteiger partial charge on any atom is 0.254 e. The maximum absolute atomic E-state index is 12.6. The minimum absolute atomic E-state index is 0.216. The molecule has 1 amide bonds. The second-order valence-electron chi connectivity index (χ2n) is 9.19. The Morgan fingerprint density at radius 3 is 2.64 bits per heavy atom. The molecule has 2 atom stereocenters. The van der Waals surface area contributed by atoms with E-state index in [0.717, 1.165) is 49.5 Å². The number of ether oxygens (including phenoxy) is 1. The summed E-state index contributed by atoms with van der Waals surface area (Å²) in [4.78, 5) is 23.8. The number of nitrogens with zero attached hydrogens (tertiary/aromatic N) is 3. The van der Waals surface area contributed by atoms with Crippen molar-refractivity contribution in [2.24, 2.45) is 0 Å². The van der Waals surface area contributed by atoms with Crippen LogP contribution in [0.3, 0.4) is 0 Å². The molecule has 2 unspecified atom stereocenters. The van der Waals surface area contributed by atoms with Crippen LogP contribution >= 0.6 is 23.2 Å². The summed E-state index contributed by atoms with van der Waals surface area (Å²) < 4.78 is 5.89. The monoisotopic (exact) mass is 525 g/mol. The van der Waals surface area contributed by atoms with E-state index in [2.05, 4.69) is 44.8 Å². The van der Waals surface area contributed by atoms with Gasteiger partial charge in [0.25, 0.3) is 5.91 Å². The normalized spacial score (nSPS) is 19.4. The fraction of sp³-hybridized carbons (Fsp3) is 0.370. The van der Waals surface area contributed by atoms with Crippen molar-refractivity contribution in [3.8, 4) is 5.75 Å². The lowest BCUT2D eigenvalue weighted by atomic mass is 9.97. The van der Waals surface area contributed by atoms with Crippen LogP contribution in [0.4, 0.5) is 0 Å². The minimum Gasteiger partial charge on any atom is -0.492 e. The smallest absolute Gasteiger partial charge is 0.254 e. The third kappa shape index (κ3) is 5.65. The number of piperidine rings is 1. The molecule has 2 N–H and O–H groups in total. The Balaban J connectivity index is 1.29. The zero-order valence-corrected chi connectivity index (χ0v) is 21.4. The van der Waals surface area contributed by atoms with Crippen LogP contribution in [0.15, 0.2) is 55.0 Å². The fourth-order valence-corrected chi connectivity index (χ4v) is 5.53. The number of carbonyl (C=O) groups excluding carboxylic acids is 1. The molecule has 0 radical (unpaired) electrons. The third-order valence-corrected chi connectivity index (χ3v) is 7.40. The first-order chi connectivity index (χ1) is 17.6. The number of halogens is 2. The van der Waals surface area contributed by atoms with Gasteiger partial charge in [-0.25, -0.2) is 0 Å². The average Bonchev–Trinajstić information content (AvgIpc) is 2.91. The Morgan fingerprint density at radius 1 is 1.11 bits per heavy atom. The largest absolute Gasteiger partial charge is 0.492 e. The summed E-state index contributed by atoms with van der Waals surface area (Å²) in [5.41, 5.74) is 3.49. The lowest BCUT2D eigenvalue weighted by Gasteiger charge is -2.41. The summed E-state index contributed by atoms with van der Waals surface area (Å²) in [5, 5.41) is 6.93. The number of fused-ring (bicyclic) bond motifs is 1. The fourth-order valence-electron chi connectivity index (χ4n) is 5.00. The molecule has 1 fully saturated rings. The van der Waals surface area contributed by atoms with Crippen molar-refractivity contribution in [1.82, 2.24) is 25.5 Å². The second kappa shape index (κ2) is 11.6. The highest BCUT2D eigenvalue weighted by Gasteiger charge is 2.33. The molecule has 2 aliphatic rings. The molecule has 2 aromatic heterocycles. The summed E-state index contributed by atoms with van der Waals surface area (Å²) in [6.07, 6.45) is 7.94. The van der Waals surface area contributed by atoms with Crippen LogP contribution in [-0.2, 0) is 13.1 Å². The van der Waals surface area contributed by atoms with Crippen LogP contribution in [-0.4, -0.2) is 46.5 Å². The van der Waals surface area contributed by atoms with Gasteiger partial charge in [-0.15, -0.1) is 0 Å². The van der Waals surface area contributed by atoms with E-state index in [1.807, 2.05) is 18.3 Å². The third-order valence-electron chi connectivity index (χ3n) is 6.83. The molecule has 3 aromatic rings. The quantitative estimate of drug-likeness (QED) is 0.461. The number of amides is 1. The molecule has 2 aliphatic heterocycles. The molecule has 0 saturated carbocycles. The molecule has 1 saturated heterocycles. The SMILES string of the molecule is O=C(NCc1ccc(CN(C2CCCNC2)C2CCOc3cccnc32)cc1)c1c(Cl)cncc1Cl. The number of pyridine rings is 2. The van der Waals surface area contributed by atoms with Crippen LogP contribution in [0.1, 0.15) is 52.5 Å². The van der Waals surface area contributed by atoms with Crippen LogP contribution in [0.5, 0.6) is 5.75 Å². The number of nitrogens with one attached hydrogen (secondary N) is 2. The first kappa shape index (κ1) is 25.0. The molecule has 7 nitrogen and oxygen atoms in total. The minimum atomic E-state index is -0.321. The highest BCUT2D eigenvalue weighted by atomic mass is 35.5. The Kier molecular flexibility index (Phi) is 8.02. The lowest BCUT2D eigenvalue weighted by Crippen LogP contribution is -2.48. The van der Waals surface area contributed by atoms with Gasteiger partial charge >= 0.3 is 0 Å². The van der Waals surface area contributed by atoms with E-state index in [-0.39, 0.29) is 27.6 Å². The van der Waals surface area contributed by atoms with Gasteiger partial charge in [0.2, 0.25) is 0 Å². The first-order valence-electron chi connectivity index (χ1n) is 12.3. The molecule has 0 spiro atoms. The summed E-state index contributed by atoms with van der Waals surface area (Å²) in [5.74, 6) is 0.571. The number of hydrogen-bond acceptors (Lipinski definition) is 6. The first-order valence-corrected chi connectivity index (χ1v) is 13.0. The van der Waals surface area contributed by atoms with Gasteiger partial charge in [-0.1, -0.05) is 47.5 Å². The van der Waals surface area contributed by atoms with Crippen molar-refractivity contribution in [1.29, 1.82) is 0 Å². The highest BCUT2D eigenvalue weighted by molar-refractivity contribution is 6.39. The van der Waals surface area contributed by atoms with Gasteiger partial charge < -0.3 is 15.4 Å². The lowest BCUT2D eigenvalue weighted by molar-refractivity contribution is 0.0711. The summed E-state index contributed by atoms with van der Waals surface area (Å²) in [6.45, 7) is 3.95. The van der Waals surface area contributed by atoms with Crippen molar-refractivity contribution >= 4 is 29.1 Å². The molecule has 36 heavy (non-hydrogen) atoms. The van der Waals surface area contributed by atoms with Gasteiger partial charge in [-0.3, -0.25) is 19.7 Å². The van der Waals surface area contributed by atoms with Gasteiger partial charge in [0.15, 0.2) is 0 Å². The topological polar surface area (TPSA) is 79.4 Å². The summed E-state index contributed by atoms with van der Waals surface area (Å²) >= 11 is 12.2. The number of hydrogen-bond donors (Lipinski definition) is 2. The summed E-state index contributed by atoms with van der Waals surface area (Å²) in [6, 6.07) is 13.0. The van der Waals surface area contributed by atoms with Crippen LogP contribution in [0.2, 0.25) is 10.0 Å². The molecule has 4 heterocycles. The Morgan fingerprint density at radius 2 is 1.89 bits per heavy atom. The Labute approximate surface area is 221 Å². The van der Waals surface area contributed by atoms with Crippen molar-refractivity contribution in [3.05, 3.63) is 87.4 Å². The van der Waals surface area contributed by atoms with E-state index in [9.17, 15) is 4.79 Å². The Bertz CT molecular complexity index is 1180. The zero-order valence-electron chi connectivity index (χ0n) is 19.9. The zero-order chi connectivity index (χ0) is 24.9. The van der Waals surface area contributed by atoms with Crippen molar-refractivity contribution in [3.63, 3.8) is 0 Å². The number of rotatable bonds is 7. The molecule has 5 rings (SSSR count). The van der Waals surface area contributed by atoms with E-state index in [1.165, 1.54) is 24.4 Å². The molecular formula is C27H29Cl2N5O2.